The fourth-order valence-electron chi connectivity index (χ4n) is 2.39. The molecule has 1 N–H and O–H groups in total. The van der Waals surface area contributed by atoms with Crippen LogP contribution in [0.2, 0.25) is 10.0 Å². The van der Waals surface area contributed by atoms with Gasteiger partial charge in [0.2, 0.25) is 0 Å². The first-order valence-corrected chi connectivity index (χ1v) is 7.36. The quantitative estimate of drug-likeness (QED) is 0.854. The van der Waals surface area contributed by atoms with E-state index in [4.69, 9.17) is 27.9 Å². The first-order valence-electron chi connectivity index (χ1n) is 6.60. The molecule has 1 heterocycles. The van der Waals surface area contributed by atoms with Gasteiger partial charge in [-0.25, -0.2) is 0 Å². The van der Waals surface area contributed by atoms with E-state index in [2.05, 4.69) is 0 Å². The molecular weight excluding hydrogens is 343 g/mol. The van der Waals surface area contributed by atoms with Gasteiger partial charge in [0.1, 0.15) is 22.6 Å². The van der Waals surface area contributed by atoms with Crippen molar-refractivity contribution in [2.24, 2.45) is 0 Å². The molecule has 0 aliphatic carbocycles. The van der Waals surface area contributed by atoms with Crippen molar-refractivity contribution in [2.75, 3.05) is 0 Å². The van der Waals surface area contributed by atoms with E-state index in [-0.39, 0.29) is 33.5 Å². The van der Waals surface area contributed by atoms with Crippen LogP contribution in [0.15, 0.2) is 30.3 Å². The van der Waals surface area contributed by atoms with E-state index < -0.39 is 17.9 Å². The average molecular weight is 352 g/mol. The minimum atomic E-state index is -1.36. The number of phenols is 1. The van der Waals surface area contributed by atoms with Crippen molar-refractivity contribution in [1.29, 1.82) is 0 Å². The third-order valence-corrected chi connectivity index (χ3v) is 4.39. The van der Waals surface area contributed by atoms with Crippen LogP contribution in [0.3, 0.4) is 0 Å². The normalized spacial score (nSPS) is 15.8. The molecule has 7 heteroatoms. The number of carboxylic acids is 1. The maximum Gasteiger partial charge on any atom is 0.194 e. The first-order chi connectivity index (χ1) is 10.9. The fourth-order valence-corrected chi connectivity index (χ4v) is 2.88. The maximum absolute atomic E-state index is 12.6. The Morgan fingerprint density at radius 3 is 2.43 bits per heavy atom. The Morgan fingerprint density at radius 2 is 1.83 bits per heavy atom. The Hall–Kier alpha value is -2.24. The molecule has 0 amide bonds. The van der Waals surface area contributed by atoms with Gasteiger partial charge >= 0.3 is 0 Å². The van der Waals surface area contributed by atoms with E-state index in [1.165, 1.54) is 30.3 Å². The van der Waals surface area contributed by atoms with E-state index in [1.54, 1.807) is 0 Å². The summed E-state index contributed by atoms with van der Waals surface area (Å²) >= 11 is 12.2. The molecule has 5 nitrogen and oxygen atoms in total. The zero-order chi connectivity index (χ0) is 16.7. The number of ether oxygens (including phenoxy) is 1. The number of ketones is 1. The SMILES string of the molecule is O=C(c1ccc(O)cc1)c1cc2c(c(Cl)c1Cl)OC(C(=O)[O-])C2. The Balaban J connectivity index is 2.04. The van der Waals surface area contributed by atoms with Gasteiger partial charge in [-0.2, -0.15) is 0 Å². The lowest BCUT2D eigenvalue weighted by atomic mass is 9.99. The molecule has 0 fully saturated rings. The molecule has 23 heavy (non-hydrogen) atoms. The molecular formula is C16H9Cl2O5-. The number of carbonyl (C=O) groups excluding carboxylic acids is 2. The zero-order valence-corrected chi connectivity index (χ0v) is 13.0. The van der Waals surface area contributed by atoms with Crippen LogP contribution in [0.5, 0.6) is 11.5 Å². The third-order valence-electron chi connectivity index (χ3n) is 3.54. The van der Waals surface area contributed by atoms with Crippen LogP contribution in [-0.2, 0) is 11.2 Å². The minimum Gasteiger partial charge on any atom is -0.546 e. The maximum atomic E-state index is 12.6. The summed E-state index contributed by atoms with van der Waals surface area (Å²) in [5.41, 5.74) is 0.940. The largest absolute Gasteiger partial charge is 0.546 e. The Labute approximate surface area is 141 Å². The van der Waals surface area contributed by atoms with Crippen molar-refractivity contribution >= 4 is 35.0 Å². The highest BCUT2D eigenvalue weighted by Crippen LogP contribution is 2.43. The van der Waals surface area contributed by atoms with Crippen molar-refractivity contribution < 1.29 is 24.5 Å². The second-order valence-electron chi connectivity index (χ2n) is 5.05. The topological polar surface area (TPSA) is 86.7 Å². The number of rotatable bonds is 3. The number of halogens is 2. The standard InChI is InChI=1S/C16H10Cl2O5/c17-12-10(14(20)7-1-3-9(19)4-2-7)5-8-6-11(16(21)22)23-15(8)13(12)18/h1-5,11,19H,6H2,(H,21,22)/p-1. The summed E-state index contributed by atoms with van der Waals surface area (Å²) in [5.74, 6) is -1.56. The van der Waals surface area contributed by atoms with Crippen LogP contribution in [0.4, 0.5) is 0 Å². The van der Waals surface area contributed by atoms with Crippen LogP contribution in [0, 0.1) is 0 Å². The minimum absolute atomic E-state index is 0.00459. The lowest BCUT2D eigenvalue weighted by Crippen LogP contribution is -2.38. The number of hydrogen-bond donors (Lipinski definition) is 1. The molecule has 2 aromatic carbocycles. The Bertz CT molecular complexity index is 814. The molecule has 0 saturated carbocycles. The monoisotopic (exact) mass is 351 g/mol. The van der Waals surface area contributed by atoms with Gasteiger partial charge in [-0.05, 0) is 30.3 Å². The number of benzene rings is 2. The molecule has 0 saturated heterocycles. The predicted octanol–water partition coefficient (Wildman–Crippen LogP) is 1.98. The molecule has 0 radical (unpaired) electrons. The van der Waals surface area contributed by atoms with Crippen molar-refractivity contribution in [3.8, 4) is 11.5 Å². The first kappa shape index (κ1) is 15.6. The molecule has 3 rings (SSSR count). The molecule has 0 bridgehead atoms. The Morgan fingerprint density at radius 1 is 1.17 bits per heavy atom. The van der Waals surface area contributed by atoms with Crippen molar-refractivity contribution in [3.63, 3.8) is 0 Å². The molecule has 1 unspecified atom stereocenters. The second-order valence-corrected chi connectivity index (χ2v) is 5.80. The lowest BCUT2D eigenvalue weighted by molar-refractivity contribution is -0.312. The van der Waals surface area contributed by atoms with Crippen LogP contribution in [0.1, 0.15) is 21.5 Å². The molecule has 1 aliphatic rings. The van der Waals surface area contributed by atoms with Gasteiger partial charge in [-0.15, -0.1) is 0 Å². The molecule has 0 spiro atoms. The van der Waals surface area contributed by atoms with Gasteiger partial charge in [0.15, 0.2) is 5.78 Å². The van der Waals surface area contributed by atoms with E-state index in [1.807, 2.05) is 0 Å². The molecule has 1 atom stereocenters. The second kappa shape index (κ2) is 5.76. The lowest BCUT2D eigenvalue weighted by Gasteiger charge is -2.12. The summed E-state index contributed by atoms with van der Waals surface area (Å²) in [7, 11) is 0. The molecule has 0 aromatic heterocycles. The number of carboxylic acid groups (broad SMARTS) is 1. The summed E-state index contributed by atoms with van der Waals surface area (Å²) in [4.78, 5) is 23.5. The van der Waals surface area contributed by atoms with E-state index >= 15 is 0 Å². The number of fused-ring (bicyclic) bond motifs is 1. The van der Waals surface area contributed by atoms with Crippen molar-refractivity contribution in [3.05, 3.63) is 57.1 Å². The average Bonchev–Trinajstić information content (AvgIpc) is 2.95. The van der Waals surface area contributed by atoms with Crippen LogP contribution < -0.4 is 9.84 Å². The third kappa shape index (κ3) is 2.73. The highest BCUT2D eigenvalue weighted by atomic mass is 35.5. The van der Waals surface area contributed by atoms with E-state index in [0.717, 1.165) is 0 Å². The number of hydrogen-bond acceptors (Lipinski definition) is 5. The summed E-state index contributed by atoms with van der Waals surface area (Å²) in [6.07, 6.45) is -1.11. The van der Waals surface area contributed by atoms with Gasteiger partial charge in [0.05, 0.1) is 11.0 Å². The van der Waals surface area contributed by atoms with Gasteiger partial charge in [-0.1, -0.05) is 23.2 Å². The summed E-state index contributed by atoms with van der Waals surface area (Å²) in [6.45, 7) is 0. The van der Waals surface area contributed by atoms with Crippen LogP contribution in [0.25, 0.3) is 0 Å². The zero-order valence-electron chi connectivity index (χ0n) is 11.5. The summed E-state index contributed by atoms with van der Waals surface area (Å²) in [5, 5.41) is 20.2. The summed E-state index contributed by atoms with van der Waals surface area (Å²) in [6, 6.07) is 7.14. The predicted molar refractivity (Wildman–Crippen MR) is 81.1 cm³/mol. The van der Waals surface area contributed by atoms with Gasteiger partial charge in [0, 0.05) is 23.1 Å². The highest BCUT2D eigenvalue weighted by molar-refractivity contribution is 6.45. The number of aliphatic carboxylic acids is 1. The molecule has 1 aliphatic heterocycles. The molecule has 118 valence electrons. The van der Waals surface area contributed by atoms with Gasteiger partial charge in [0.25, 0.3) is 0 Å². The van der Waals surface area contributed by atoms with E-state index in [0.29, 0.717) is 11.1 Å². The Kier molecular flexibility index (Phi) is 3.92. The molecule has 2 aromatic rings. The van der Waals surface area contributed by atoms with Crippen LogP contribution in [-0.4, -0.2) is 23.0 Å². The van der Waals surface area contributed by atoms with Crippen molar-refractivity contribution in [2.45, 2.75) is 12.5 Å². The number of carbonyl (C=O) groups is 2. The fraction of sp³-hybridized carbons (Fsp3) is 0.125. The van der Waals surface area contributed by atoms with E-state index in [9.17, 15) is 19.8 Å². The number of aromatic hydroxyl groups is 1. The van der Waals surface area contributed by atoms with Crippen LogP contribution >= 0.6 is 23.2 Å². The number of phenolic OH excluding ortho intramolecular Hbond substituents is 1. The van der Waals surface area contributed by atoms with Gasteiger partial charge < -0.3 is 19.7 Å². The van der Waals surface area contributed by atoms with Crippen molar-refractivity contribution in [1.82, 2.24) is 0 Å². The smallest absolute Gasteiger partial charge is 0.194 e. The summed E-state index contributed by atoms with van der Waals surface area (Å²) < 4.78 is 5.21. The highest BCUT2D eigenvalue weighted by Gasteiger charge is 2.30. The van der Waals surface area contributed by atoms with Gasteiger partial charge in [-0.3, -0.25) is 4.79 Å².